The second-order valence-electron chi connectivity index (χ2n) is 12.6. The number of aromatic hydroxyl groups is 1. The molecule has 2 unspecified atom stereocenters. The largest absolute Gasteiger partial charge is 0.507 e. The number of nitrogens with zero attached hydrogens (tertiary/aromatic N) is 1. The summed E-state index contributed by atoms with van der Waals surface area (Å²) in [6, 6.07) is 5.45. The van der Waals surface area contributed by atoms with Crippen molar-refractivity contribution < 1.29 is 38.6 Å². The molecule has 0 radical (unpaired) electrons. The van der Waals surface area contributed by atoms with E-state index >= 15 is 0 Å². The Morgan fingerprint density at radius 2 is 1.80 bits per heavy atom. The van der Waals surface area contributed by atoms with Crippen molar-refractivity contribution >= 4 is 29.0 Å². The molecule has 11 heteroatoms. The van der Waals surface area contributed by atoms with Crippen LogP contribution in [0.2, 0.25) is 0 Å². The number of carbonyl (C=O) groups excluding carboxylic acids is 5. The van der Waals surface area contributed by atoms with E-state index in [1.807, 2.05) is 26.8 Å². The van der Waals surface area contributed by atoms with Crippen molar-refractivity contribution in [1.82, 2.24) is 10.2 Å². The van der Waals surface area contributed by atoms with E-state index in [4.69, 9.17) is 10.2 Å². The van der Waals surface area contributed by atoms with Gasteiger partial charge in [-0.2, -0.15) is 0 Å². The summed E-state index contributed by atoms with van der Waals surface area (Å²) in [7, 11) is 3.10. The molecule has 0 bridgehead atoms. The lowest BCUT2D eigenvalue weighted by molar-refractivity contribution is -0.181. The van der Waals surface area contributed by atoms with Crippen LogP contribution in [0.15, 0.2) is 28.7 Å². The Morgan fingerprint density at radius 3 is 2.41 bits per heavy atom. The van der Waals surface area contributed by atoms with Gasteiger partial charge in [0.1, 0.15) is 17.3 Å². The summed E-state index contributed by atoms with van der Waals surface area (Å²) in [5.74, 6) is -9.59. The number of nitrogens with two attached hydrogens (primary N) is 1. The van der Waals surface area contributed by atoms with Crippen molar-refractivity contribution in [2.45, 2.75) is 57.3 Å². The molecule has 41 heavy (non-hydrogen) atoms. The van der Waals surface area contributed by atoms with Crippen molar-refractivity contribution in [3.63, 3.8) is 0 Å². The second kappa shape index (κ2) is 9.71. The van der Waals surface area contributed by atoms with Crippen molar-refractivity contribution in [3.05, 3.63) is 41.2 Å². The number of carbonyl (C=O) groups is 5. The van der Waals surface area contributed by atoms with Gasteiger partial charge in [0.15, 0.2) is 34.7 Å². The van der Waals surface area contributed by atoms with E-state index in [-0.39, 0.29) is 29.7 Å². The first-order chi connectivity index (χ1) is 19.1. The Morgan fingerprint density at radius 1 is 1.12 bits per heavy atom. The summed E-state index contributed by atoms with van der Waals surface area (Å²) in [6.45, 7) is 6.57. The van der Waals surface area contributed by atoms with Gasteiger partial charge in [-0.1, -0.05) is 0 Å². The molecule has 218 valence electrons. The maximum absolute atomic E-state index is 13.9. The average Bonchev–Trinajstić information content (AvgIpc) is 3.33. The summed E-state index contributed by atoms with van der Waals surface area (Å²) in [5, 5.41) is 25.8. The molecule has 1 amide bonds. The van der Waals surface area contributed by atoms with Gasteiger partial charge in [-0.15, -0.1) is 0 Å². The molecule has 1 aromatic carbocycles. The summed E-state index contributed by atoms with van der Waals surface area (Å²) in [4.78, 5) is 68.0. The van der Waals surface area contributed by atoms with Crippen molar-refractivity contribution in [2.75, 3.05) is 14.1 Å². The number of benzene rings is 1. The van der Waals surface area contributed by atoms with E-state index < -0.39 is 64.4 Å². The number of likely N-dealkylation sites (N-methyl/N-ethyl adjacent to an activating group) is 1. The van der Waals surface area contributed by atoms with E-state index in [0.29, 0.717) is 29.2 Å². The summed E-state index contributed by atoms with van der Waals surface area (Å²) in [6.07, 6.45) is 0.143. The number of phenolic OH excluding ortho intramolecular Hbond substituents is 1. The van der Waals surface area contributed by atoms with Crippen LogP contribution in [-0.4, -0.2) is 75.4 Å². The Hall–Kier alpha value is -3.67. The number of furan rings is 1. The number of ketones is 4. The molecule has 0 saturated heterocycles. The minimum absolute atomic E-state index is 0.0160. The molecule has 11 nitrogen and oxygen atoms in total. The minimum Gasteiger partial charge on any atom is -0.507 e. The number of amides is 1. The fourth-order valence-electron chi connectivity index (χ4n) is 6.81. The van der Waals surface area contributed by atoms with Gasteiger partial charge in [-0.05, 0) is 83.5 Å². The first-order valence-corrected chi connectivity index (χ1v) is 13.6. The van der Waals surface area contributed by atoms with Crippen LogP contribution < -0.4 is 11.1 Å². The number of aliphatic hydroxyl groups is 1. The van der Waals surface area contributed by atoms with Crippen LogP contribution in [0.3, 0.4) is 0 Å². The van der Waals surface area contributed by atoms with Crippen LogP contribution in [0.25, 0.3) is 11.3 Å². The van der Waals surface area contributed by atoms with Crippen LogP contribution >= 0.6 is 0 Å². The number of hydrogen-bond donors (Lipinski definition) is 4. The zero-order chi connectivity index (χ0) is 30.2. The predicted molar refractivity (Wildman–Crippen MR) is 146 cm³/mol. The molecule has 5 N–H and O–H groups in total. The molecular formula is C30H35N3O8. The number of rotatable bonds is 5. The molecule has 2 fully saturated rings. The molecule has 2 saturated carbocycles. The van der Waals surface area contributed by atoms with Crippen molar-refractivity contribution in [2.24, 2.45) is 29.4 Å². The third kappa shape index (κ3) is 4.43. The quantitative estimate of drug-likeness (QED) is 0.382. The fraction of sp³-hybridized carbons (Fsp3) is 0.500. The van der Waals surface area contributed by atoms with Gasteiger partial charge >= 0.3 is 0 Å². The normalized spacial score (nSPS) is 29.8. The maximum Gasteiger partial charge on any atom is 0.235 e. The Kier molecular flexibility index (Phi) is 6.83. The van der Waals surface area contributed by atoms with Crippen molar-refractivity contribution in [1.29, 1.82) is 0 Å². The summed E-state index contributed by atoms with van der Waals surface area (Å²) < 4.78 is 6.07. The molecule has 1 aromatic heterocycles. The average molecular weight is 566 g/mol. The highest BCUT2D eigenvalue weighted by molar-refractivity contribution is 6.32. The molecular weight excluding hydrogens is 530 g/mol. The molecule has 3 aliphatic rings. The predicted octanol–water partition coefficient (Wildman–Crippen LogP) is 1.02. The van der Waals surface area contributed by atoms with Gasteiger partial charge in [0, 0.05) is 17.0 Å². The molecule has 0 spiro atoms. The molecule has 3 aliphatic carbocycles. The van der Waals surface area contributed by atoms with Crippen molar-refractivity contribution in [3.8, 4) is 17.1 Å². The Labute approximate surface area is 237 Å². The SMILES string of the molecule is CN(C)[C@H]1C(=O)C(C(N)=O)C(=O)[C@]2(O)C(=O)C3C(=O)c4c(O)ccc(-c5ccc(CNC(C)(C)C)o5)c4C[C@@H]3C[C@H]12. The van der Waals surface area contributed by atoms with Gasteiger partial charge in [0.25, 0.3) is 0 Å². The Bertz CT molecular complexity index is 1480. The first-order valence-electron chi connectivity index (χ1n) is 13.6. The number of phenols is 1. The number of fused-ring (bicyclic) bond motifs is 3. The molecule has 2 aromatic rings. The van der Waals surface area contributed by atoms with Crippen LogP contribution in [0.1, 0.15) is 48.9 Å². The highest BCUT2D eigenvalue weighted by Gasteiger charge is 2.69. The van der Waals surface area contributed by atoms with Gasteiger partial charge in [0.2, 0.25) is 5.91 Å². The highest BCUT2D eigenvalue weighted by Crippen LogP contribution is 2.51. The van der Waals surface area contributed by atoms with Gasteiger partial charge in [-0.3, -0.25) is 28.9 Å². The van der Waals surface area contributed by atoms with Gasteiger partial charge in [-0.25, -0.2) is 0 Å². The number of Topliss-reactive ketones (excluding diaryl/α,β-unsaturated/α-hetero) is 4. The molecule has 6 atom stereocenters. The molecule has 0 aliphatic heterocycles. The first kappa shape index (κ1) is 28.8. The smallest absolute Gasteiger partial charge is 0.235 e. The lowest BCUT2D eigenvalue weighted by Crippen LogP contribution is -2.74. The molecule has 1 heterocycles. The summed E-state index contributed by atoms with van der Waals surface area (Å²) in [5.41, 5.74) is 3.47. The standard InChI is InChI=1S/C30H35N3O8/c1-29(2,3)32-12-14-6-9-19(41-14)15-7-8-18(34)21-16(15)10-13-11-17-23(33(4)5)25(36)22(28(31)39)27(38)30(17,40)26(37)20(13)24(21)35/h6-9,13,17,20,22-23,32,34,40H,10-12H2,1-5H3,(H2,31,39)/t13-,17-,20?,22?,23-,30-/m1/s1. The maximum atomic E-state index is 13.9. The van der Waals surface area contributed by atoms with E-state index in [0.717, 1.165) is 0 Å². The second-order valence-corrected chi connectivity index (χ2v) is 12.6. The zero-order valence-electron chi connectivity index (χ0n) is 23.7. The van der Waals surface area contributed by atoms with Gasteiger partial charge < -0.3 is 25.7 Å². The number of hydrogen-bond acceptors (Lipinski definition) is 10. The monoisotopic (exact) mass is 565 g/mol. The van der Waals surface area contributed by atoms with Crippen LogP contribution in [-0.2, 0) is 32.1 Å². The van der Waals surface area contributed by atoms with Crippen LogP contribution in [0.5, 0.6) is 5.75 Å². The topological polar surface area (TPSA) is 180 Å². The molecule has 5 rings (SSSR count). The lowest BCUT2D eigenvalue weighted by Gasteiger charge is -2.52. The van der Waals surface area contributed by atoms with E-state index in [1.165, 1.54) is 11.0 Å². The zero-order valence-corrected chi connectivity index (χ0v) is 23.7. The fourth-order valence-corrected chi connectivity index (χ4v) is 6.81. The van der Waals surface area contributed by atoms with Gasteiger partial charge in [0.05, 0.1) is 24.1 Å². The van der Waals surface area contributed by atoms with Crippen LogP contribution in [0.4, 0.5) is 0 Å². The van der Waals surface area contributed by atoms with Crippen LogP contribution in [0, 0.1) is 23.7 Å². The van der Waals surface area contributed by atoms with E-state index in [1.54, 1.807) is 26.2 Å². The minimum atomic E-state index is -2.75. The third-order valence-corrected chi connectivity index (χ3v) is 8.66. The number of nitrogens with one attached hydrogen (secondary N) is 1. The number of primary amides is 1. The lowest BCUT2D eigenvalue weighted by atomic mass is 9.52. The Balaban J connectivity index is 1.57. The highest BCUT2D eigenvalue weighted by atomic mass is 16.3. The van der Waals surface area contributed by atoms with E-state index in [2.05, 4.69) is 5.32 Å². The van der Waals surface area contributed by atoms with E-state index in [9.17, 15) is 34.2 Å². The third-order valence-electron chi connectivity index (χ3n) is 8.66. The summed E-state index contributed by atoms with van der Waals surface area (Å²) >= 11 is 0.